The lowest BCUT2D eigenvalue weighted by atomic mass is 10.2. The van der Waals surface area contributed by atoms with Crippen LogP contribution in [0.1, 0.15) is 9.67 Å². The molecule has 5 nitrogen and oxygen atoms in total. The van der Waals surface area contributed by atoms with Crippen LogP contribution in [0.3, 0.4) is 0 Å². The maximum atomic E-state index is 12.7. The van der Waals surface area contributed by atoms with Crippen molar-refractivity contribution < 1.29 is 9.21 Å². The number of thiocarbonyl (C=S) groups is 1. The summed E-state index contributed by atoms with van der Waals surface area (Å²) in [7, 11) is 0. The van der Waals surface area contributed by atoms with E-state index in [1.54, 1.807) is 42.5 Å². The molecule has 33 heavy (non-hydrogen) atoms. The Morgan fingerprint density at radius 1 is 1.03 bits per heavy atom. The number of hydrogen-bond acceptors (Lipinski definition) is 5. The SMILES string of the molecule is O=C(NC(=S)Nc1ccc2oc(-c3ccccc3Cl)nc2c1)c1sc2cc(Cl)ccc2c1Cl. The van der Waals surface area contributed by atoms with Gasteiger partial charge >= 0.3 is 0 Å². The number of nitrogens with one attached hydrogen (secondary N) is 2. The van der Waals surface area contributed by atoms with E-state index in [0.29, 0.717) is 48.2 Å². The number of anilines is 1. The standard InChI is InChI=1S/C23H12Cl3N3O2S2/c24-11-5-7-14-18(9-11)33-20(19(14)26)21(30)29-23(32)27-12-6-8-17-16(10-12)28-22(31-17)13-3-1-2-4-15(13)25/h1-10H,(H2,27,29,30,32). The highest BCUT2D eigenvalue weighted by Crippen LogP contribution is 2.36. The fourth-order valence-corrected chi connectivity index (χ4v) is 5.38. The summed E-state index contributed by atoms with van der Waals surface area (Å²) in [6.45, 7) is 0. The molecule has 0 fully saturated rings. The average molecular weight is 533 g/mol. The number of rotatable bonds is 3. The van der Waals surface area contributed by atoms with Crippen molar-refractivity contribution in [3.05, 3.63) is 80.6 Å². The largest absolute Gasteiger partial charge is 0.436 e. The van der Waals surface area contributed by atoms with Crippen molar-refractivity contribution in [3.8, 4) is 11.5 Å². The van der Waals surface area contributed by atoms with Crippen molar-refractivity contribution >= 4 is 96.3 Å². The smallest absolute Gasteiger partial charge is 0.269 e. The summed E-state index contributed by atoms with van der Waals surface area (Å²) in [4.78, 5) is 17.6. The summed E-state index contributed by atoms with van der Waals surface area (Å²) in [6.07, 6.45) is 0. The maximum Gasteiger partial charge on any atom is 0.269 e. The highest BCUT2D eigenvalue weighted by molar-refractivity contribution is 7.80. The molecule has 5 aromatic rings. The van der Waals surface area contributed by atoms with E-state index in [9.17, 15) is 4.79 Å². The fraction of sp³-hybridized carbons (Fsp3) is 0. The quantitative estimate of drug-likeness (QED) is 0.232. The number of thiophene rings is 1. The first-order valence-electron chi connectivity index (χ1n) is 9.54. The molecule has 0 bridgehead atoms. The molecule has 2 heterocycles. The third-order valence-corrected chi connectivity index (χ3v) is 7.20. The molecule has 0 radical (unpaired) electrons. The molecule has 0 atom stereocenters. The Labute approximate surface area is 212 Å². The zero-order valence-electron chi connectivity index (χ0n) is 16.5. The topological polar surface area (TPSA) is 67.2 Å². The summed E-state index contributed by atoms with van der Waals surface area (Å²) < 4.78 is 6.64. The minimum Gasteiger partial charge on any atom is -0.436 e. The second-order valence-corrected chi connectivity index (χ2v) is 9.66. The van der Waals surface area contributed by atoms with Crippen LogP contribution in [0.5, 0.6) is 0 Å². The van der Waals surface area contributed by atoms with Gasteiger partial charge in [-0.15, -0.1) is 11.3 Å². The van der Waals surface area contributed by atoms with Crippen molar-refractivity contribution in [2.24, 2.45) is 0 Å². The zero-order valence-corrected chi connectivity index (χ0v) is 20.4. The number of carbonyl (C=O) groups is 1. The maximum absolute atomic E-state index is 12.7. The molecule has 0 saturated heterocycles. The summed E-state index contributed by atoms with van der Waals surface area (Å²) in [5.41, 5.74) is 2.56. The van der Waals surface area contributed by atoms with E-state index in [1.165, 1.54) is 11.3 Å². The van der Waals surface area contributed by atoms with Gasteiger partial charge in [-0.05, 0) is 54.7 Å². The van der Waals surface area contributed by atoms with Crippen molar-refractivity contribution in [2.75, 3.05) is 5.32 Å². The number of benzene rings is 3. The highest BCUT2D eigenvalue weighted by atomic mass is 35.5. The van der Waals surface area contributed by atoms with Crippen molar-refractivity contribution in [1.82, 2.24) is 10.3 Å². The van der Waals surface area contributed by atoms with E-state index in [2.05, 4.69) is 15.6 Å². The van der Waals surface area contributed by atoms with Gasteiger partial charge in [-0.25, -0.2) is 4.98 Å². The normalized spacial score (nSPS) is 11.1. The molecule has 0 spiro atoms. The Balaban J connectivity index is 1.33. The lowest BCUT2D eigenvalue weighted by Gasteiger charge is -2.08. The van der Waals surface area contributed by atoms with Crippen LogP contribution < -0.4 is 10.6 Å². The Morgan fingerprint density at radius 2 is 1.85 bits per heavy atom. The summed E-state index contributed by atoms with van der Waals surface area (Å²) >= 11 is 25.2. The number of nitrogens with zero attached hydrogens (tertiary/aromatic N) is 1. The Hall–Kier alpha value is -2.68. The first-order chi connectivity index (χ1) is 15.9. The molecule has 0 unspecified atom stereocenters. The molecule has 0 aliphatic carbocycles. The molecule has 0 aliphatic rings. The van der Waals surface area contributed by atoms with Gasteiger partial charge < -0.3 is 9.73 Å². The number of carbonyl (C=O) groups excluding carboxylic acids is 1. The number of hydrogen-bond donors (Lipinski definition) is 2. The van der Waals surface area contributed by atoms with Gasteiger partial charge in [0, 0.05) is 20.8 Å². The monoisotopic (exact) mass is 531 g/mol. The molecular formula is C23H12Cl3N3O2S2. The fourth-order valence-electron chi connectivity index (χ4n) is 3.26. The predicted molar refractivity (Wildman–Crippen MR) is 140 cm³/mol. The second-order valence-electron chi connectivity index (χ2n) is 6.98. The summed E-state index contributed by atoms with van der Waals surface area (Å²) in [5, 5.41) is 8.03. The highest BCUT2D eigenvalue weighted by Gasteiger charge is 2.19. The van der Waals surface area contributed by atoms with Crippen LogP contribution >= 0.6 is 58.4 Å². The van der Waals surface area contributed by atoms with E-state index in [-0.39, 0.29) is 5.11 Å². The first-order valence-corrected chi connectivity index (χ1v) is 11.9. The van der Waals surface area contributed by atoms with Crippen LogP contribution in [0.15, 0.2) is 65.1 Å². The van der Waals surface area contributed by atoms with Gasteiger partial charge in [0.05, 0.1) is 15.6 Å². The Morgan fingerprint density at radius 3 is 2.67 bits per heavy atom. The molecule has 3 aromatic carbocycles. The minimum absolute atomic E-state index is 0.126. The molecular weight excluding hydrogens is 521 g/mol. The third kappa shape index (κ3) is 4.43. The molecule has 0 aliphatic heterocycles. The molecule has 5 rings (SSSR count). The lowest BCUT2D eigenvalue weighted by molar-refractivity contribution is 0.0982. The van der Waals surface area contributed by atoms with Gasteiger partial charge in [0.15, 0.2) is 10.7 Å². The second kappa shape index (κ2) is 8.93. The first kappa shape index (κ1) is 22.1. The zero-order chi connectivity index (χ0) is 23.1. The lowest BCUT2D eigenvalue weighted by Crippen LogP contribution is -2.33. The number of fused-ring (bicyclic) bond motifs is 2. The van der Waals surface area contributed by atoms with Gasteiger partial charge in [-0.3, -0.25) is 10.1 Å². The Kier molecular flexibility index (Phi) is 5.99. The van der Waals surface area contributed by atoms with E-state index < -0.39 is 5.91 Å². The van der Waals surface area contributed by atoms with Crippen molar-refractivity contribution in [3.63, 3.8) is 0 Å². The third-order valence-electron chi connectivity index (χ3n) is 4.77. The predicted octanol–water partition coefficient (Wildman–Crippen LogP) is 7.80. The molecule has 2 N–H and O–H groups in total. The number of amides is 1. The molecule has 1 amide bonds. The van der Waals surface area contributed by atoms with Gasteiger partial charge in [-0.1, -0.05) is 53.0 Å². The van der Waals surface area contributed by atoms with E-state index >= 15 is 0 Å². The van der Waals surface area contributed by atoms with Crippen LogP contribution in [-0.4, -0.2) is 16.0 Å². The summed E-state index contributed by atoms with van der Waals surface area (Å²) in [5.74, 6) is 0.0153. The molecule has 164 valence electrons. The molecule has 10 heteroatoms. The van der Waals surface area contributed by atoms with Crippen LogP contribution in [0.2, 0.25) is 15.1 Å². The van der Waals surface area contributed by atoms with E-state index in [1.807, 2.05) is 18.2 Å². The van der Waals surface area contributed by atoms with Crippen LogP contribution in [0, 0.1) is 0 Å². The van der Waals surface area contributed by atoms with Crippen LogP contribution in [0.25, 0.3) is 32.6 Å². The number of aromatic nitrogens is 1. The van der Waals surface area contributed by atoms with Crippen molar-refractivity contribution in [1.29, 1.82) is 0 Å². The number of oxazole rings is 1. The number of halogens is 3. The average Bonchev–Trinajstić information content (AvgIpc) is 3.34. The van der Waals surface area contributed by atoms with Gasteiger partial charge in [-0.2, -0.15) is 0 Å². The minimum atomic E-state index is -0.404. The van der Waals surface area contributed by atoms with Crippen molar-refractivity contribution in [2.45, 2.75) is 0 Å². The Bertz CT molecular complexity index is 1560. The molecule has 0 saturated carbocycles. The van der Waals surface area contributed by atoms with E-state index in [4.69, 9.17) is 51.4 Å². The van der Waals surface area contributed by atoms with Gasteiger partial charge in [0.25, 0.3) is 5.91 Å². The van der Waals surface area contributed by atoms with Crippen LogP contribution in [0.4, 0.5) is 5.69 Å². The summed E-state index contributed by atoms with van der Waals surface area (Å²) in [6, 6.07) is 17.9. The van der Waals surface area contributed by atoms with Gasteiger partial charge in [0.2, 0.25) is 5.89 Å². The molecule has 2 aromatic heterocycles. The van der Waals surface area contributed by atoms with E-state index in [0.717, 1.165) is 10.1 Å². The van der Waals surface area contributed by atoms with Crippen LogP contribution in [-0.2, 0) is 0 Å². The van der Waals surface area contributed by atoms with Gasteiger partial charge in [0.1, 0.15) is 10.4 Å².